The highest BCUT2D eigenvalue weighted by Gasteiger charge is 2.47. The summed E-state index contributed by atoms with van der Waals surface area (Å²) in [6.07, 6.45) is 3.50. The van der Waals surface area contributed by atoms with Crippen LogP contribution < -0.4 is 0 Å². The lowest BCUT2D eigenvalue weighted by Gasteiger charge is -2.06. The van der Waals surface area contributed by atoms with Gasteiger partial charge in [0, 0.05) is 7.05 Å². The third kappa shape index (κ3) is 1.19. The number of aryl methyl sites for hydroxylation is 2. The van der Waals surface area contributed by atoms with Crippen LogP contribution in [0.1, 0.15) is 24.2 Å². The maximum Gasteiger partial charge on any atom is 0.235 e. The minimum atomic E-state index is -0.294. The second kappa shape index (κ2) is 2.54. The molecule has 1 aromatic rings. The van der Waals surface area contributed by atoms with Crippen molar-refractivity contribution >= 4 is 6.08 Å². The van der Waals surface area contributed by atoms with E-state index in [9.17, 15) is 4.79 Å². The highest BCUT2D eigenvalue weighted by atomic mass is 16.1. The third-order valence-electron chi connectivity index (χ3n) is 2.46. The second-order valence-electron chi connectivity index (χ2n) is 3.53. The van der Waals surface area contributed by atoms with E-state index < -0.39 is 0 Å². The van der Waals surface area contributed by atoms with Crippen LogP contribution >= 0.6 is 0 Å². The maximum absolute atomic E-state index is 10.2. The highest BCUT2D eigenvalue weighted by Crippen LogP contribution is 2.49. The lowest BCUT2D eigenvalue weighted by Crippen LogP contribution is -2.09. The van der Waals surface area contributed by atoms with Gasteiger partial charge in [0.25, 0.3) is 0 Å². The van der Waals surface area contributed by atoms with Gasteiger partial charge in [-0.25, -0.2) is 4.79 Å². The first-order valence-electron chi connectivity index (χ1n) is 4.28. The third-order valence-corrected chi connectivity index (χ3v) is 2.46. The van der Waals surface area contributed by atoms with Gasteiger partial charge in [-0.2, -0.15) is 10.1 Å². The van der Waals surface area contributed by atoms with Crippen molar-refractivity contribution in [2.75, 3.05) is 0 Å². The molecule has 68 valence electrons. The van der Waals surface area contributed by atoms with Gasteiger partial charge in [-0.15, -0.1) is 0 Å². The van der Waals surface area contributed by atoms with Gasteiger partial charge in [0.1, 0.15) is 5.54 Å². The molecule has 13 heavy (non-hydrogen) atoms. The van der Waals surface area contributed by atoms with Gasteiger partial charge in [-0.1, -0.05) is 0 Å². The van der Waals surface area contributed by atoms with Crippen LogP contribution in [0.25, 0.3) is 0 Å². The number of rotatable bonds is 2. The van der Waals surface area contributed by atoms with E-state index in [1.807, 2.05) is 20.0 Å². The predicted octanol–water partition coefficient (Wildman–Crippen LogP) is 1.05. The van der Waals surface area contributed by atoms with Crippen molar-refractivity contribution in [3.8, 4) is 0 Å². The highest BCUT2D eigenvalue weighted by molar-refractivity contribution is 5.39. The number of aromatic nitrogens is 2. The molecule has 0 unspecified atom stereocenters. The van der Waals surface area contributed by atoms with Gasteiger partial charge >= 0.3 is 0 Å². The Morgan fingerprint density at radius 2 is 2.38 bits per heavy atom. The van der Waals surface area contributed by atoms with E-state index in [-0.39, 0.29) is 5.54 Å². The molecule has 1 aromatic heterocycles. The van der Waals surface area contributed by atoms with Crippen molar-refractivity contribution in [3.63, 3.8) is 0 Å². The molecule has 0 amide bonds. The van der Waals surface area contributed by atoms with Gasteiger partial charge in [0.15, 0.2) is 0 Å². The molecule has 1 fully saturated rings. The second-order valence-corrected chi connectivity index (χ2v) is 3.53. The summed E-state index contributed by atoms with van der Waals surface area (Å²) >= 11 is 0. The molecule has 0 N–H and O–H groups in total. The van der Waals surface area contributed by atoms with Gasteiger partial charge in [0.05, 0.1) is 11.4 Å². The number of isocyanates is 1. The number of hydrogen-bond acceptors (Lipinski definition) is 3. The first kappa shape index (κ1) is 8.20. The van der Waals surface area contributed by atoms with E-state index in [1.165, 1.54) is 0 Å². The Bertz CT molecular complexity index is 384. The van der Waals surface area contributed by atoms with Crippen molar-refractivity contribution < 1.29 is 4.79 Å². The first-order chi connectivity index (χ1) is 6.18. The molecule has 0 aromatic carbocycles. The van der Waals surface area contributed by atoms with E-state index >= 15 is 0 Å². The van der Waals surface area contributed by atoms with Crippen molar-refractivity contribution in [3.05, 3.63) is 17.5 Å². The van der Waals surface area contributed by atoms with E-state index in [0.717, 1.165) is 24.2 Å². The zero-order valence-electron chi connectivity index (χ0n) is 7.74. The fourth-order valence-corrected chi connectivity index (χ4v) is 1.68. The average molecular weight is 177 g/mol. The van der Waals surface area contributed by atoms with Crippen molar-refractivity contribution in [2.24, 2.45) is 12.0 Å². The Kier molecular flexibility index (Phi) is 1.60. The fraction of sp³-hybridized carbons (Fsp3) is 0.556. The van der Waals surface area contributed by atoms with E-state index in [4.69, 9.17) is 0 Å². The van der Waals surface area contributed by atoms with Crippen LogP contribution in [0.15, 0.2) is 11.1 Å². The number of hydrogen-bond donors (Lipinski definition) is 0. The molecule has 0 radical (unpaired) electrons. The maximum atomic E-state index is 10.2. The molecular formula is C9H11N3O. The molecule has 1 aliphatic rings. The van der Waals surface area contributed by atoms with Gasteiger partial charge < -0.3 is 0 Å². The molecule has 4 nitrogen and oxygen atoms in total. The van der Waals surface area contributed by atoms with Gasteiger partial charge in [-0.3, -0.25) is 4.68 Å². The summed E-state index contributed by atoms with van der Waals surface area (Å²) in [6, 6.07) is 1.98. The van der Waals surface area contributed by atoms with E-state index in [2.05, 4.69) is 10.1 Å². The van der Waals surface area contributed by atoms with Crippen molar-refractivity contribution in [2.45, 2.75) is 25.3 Å². The standard InChI is InChI=1S/C9H11N3O/c1-7-5-8(12(2)11-7)9(3-4-9)10-6-13/h5H,3-4H2,1-2H3. The van der Waals surface area contributed by atoms with Gasteiger partial charge in [-0.05, 0) is 25.8 Å². The van der Waals surface area contributed by atoms with E-state index in [1.54, 1.807) is 10.8 Å². The van der Waals surface area contributed by atoms with Crippen molar-refractivity contribution in [1.29, 1.82) is 0 Å². The fourth-order valence-electron chi connectivity index (χ4n) is 1.68. The summed E-state index contributed by atoms with van der Waals surface area (Å²) < 4.78 is 1.79. The lowest BCUT2D eigenvalue weighted by atomic mass is 10.2. The summed E-state index contributed by atoms with van der Waals surface area (Å²) in [5.41, 5.74) is 1.69. The predicted molar refractivity (Wildman–Crippen MR) is 47.0 cm³/mol. The molecule has 1 saturated carbocycles. The minimum absolute atomic E-state index is 0.294. The molecule has 0 spiro atoms. The molecule has 0 atom stereocenters. The molecule has 2 rings (SSSR count). The van der Waals surface area contributed by atoms with Crippen LogP contribution in [0.4, 0.5) is 0 Å². The van der Waals surface area contributed by atoms with Crippen LogP contribution in [-0.4, -0.2) is 15.9 Å². The van der Waals surface area contributed by atoms with Crippen LogP contribution in [0.2, 0.25) is 0 Å². The molecule has 1 aliphatic carbocycles. The number of nitrogens with zero attached hydrogens (tertiary/aromatic N) is 3. The quantitative estimate of drug-likeness (QED) is 0.500. The van der Waals surface area contributed by atoms with Crippen LogP contribution in [0.5, 0.6) is 0 Å². The number of carbonyl (C=O) groups excluding carboxylic acids is 1. The van der Waals surface area contributed by atoms with Gasteiger partial charge in [0.2, 0.25) is 6.08 Å². The van der Waals surface area contributed by atoms with Crippen molar-refractivity contribution in [1.82, 2.24) is 9.78 Å². The normalized spacial score (nSPS) is 18.0. The molecule has 1 heterocycles. The summed E-state index contributed by atoms with van der Waals surface area (Å²) in [7, 11) is 1.88. The molecule has 0 bridgehead atoms. The smallest absolute Gasteiger partial charge is 0.235 e. The Morgan fingerprint density at radius 3 is 2.77 bits per heavy atom. The Labute approximate surface area is 76.3 Å². The Hall–Kier alpha value is -1.41. The Balaban J connectivity index is 2.45. The molecule has 0 aliphatic heterocycles. The van der Waals surface area contributed by atoms with Crippen LogP contribution in [0.3, 0.4) is 0 Å². The molecular weight excluding hydrogens is 166 g/mol. The summed E-state index contributed by atoms with van der Waals surface area (Å²) in [5.74, 6) is 0. The Morgan fingerprint density at radius 1 is 1.69 bits per heavy atom. The zero-order valence-corrected chi connectivity index (χ0v) is 7.74. The summed E-state index contributed by atoms with van der Waals surface area (Å²) in [4.78, 5) is 14.1. The molecule has 4 heteroatoms. The van der Waals surface area contributed by atoms with Crippen LogP contribution in [0, 0.1) is 6.92 Å². The SMILES string of the molecule is Cc1cc(C2(N=C=O)CC2)n(C)n1. The summed E-state index contributed by atoms with van der Waals surface area (Å²) in [5, 5.41) is 4.23. The number of aliphatic imine (C=N–C) groups is 1. The first-order valence-corrected chi connectivity index (χ1v) is 4.28. The largest absolute Gasteiger partial charge is 0.270 e. The lowest BCUT2D eigenvalue weighted by molar-refractivity contribution is 0.549. The molecule has 0 saturated heterocycles. The topological polar surface area (TPSA) is 47.2 Å². The van der Waals surface area contributed by atoms with Crippen LogP contribution in [-0.2, 0) is 17.4 Å². The summed E-state index contributed by atoms with van der Waals surface area (Å²) in [6.45, 7) is 1.93. The average Bonchev–Trinajstić information content (AvgIpc) is 2.74. The monoisotopic (exact) mass is 177 g/mol. The minimum Gasteiger partial charge on any atom is -0.270 e. The van der Waals surface area contributed by atoms with E-state index in [0.29, 0.717) is 0 Å². The zero-order chi connectivity index (χ0) is 9.47.